The van der Waals surface area contributed by atoms with Crippen molar-refractivity contribution in [3.05, 3.63) is 59.5 Å². The average molecular weight is 230 g/mol. The van der Waals surface area contributed by atoms with Gasteiger partial charge >= 0.3 is 0 Å². The van der Waals surface area contributed by atoms with Crippen molar-refractivity contribution >= 4 is 0 Å². The van der Waals surface area contributed by atoms with Gasteiger partial charge in [0.2, 0.25) is 0 Å². The van der Waals surface area contributed by atoms with E-state index < -0.39 is 0 Å². The van der Waals surface area contributed by atoms with E-state index in [1.807, 2.05) is 12.1 Å². The zero-order chi connectivity index (χ0) is 11.9. The maximum Gasteiger partial charge on any atom is 0.117 e. The molecule has 0 spiro atoms. The van der Waals surface area contributed by atoms with Crippen LogP contribution < -0.4 is 11.1 Å². The highest BCUT2D eigenvalue weighted by molar-refractivity contribution is 5.27. The SMILES string of the molecule is NCCc1ccccc1CNCc1ccco1. The topological polar surface area (TPSA) is 51.2 Å². The fourth-order valence-corrected chi connectivity index (χ4v) is 1.86. The molecule has 0 unspecified atom stereocenters. The molecular weight excluding hydrogens is 212 g/mol. The molecular formula is C14H18N2O. The Kier molecular flexibility index (Phi) is 4.36. The molecule has 0 aliphatic carbocycles. The highest BCUT2D eigenvalue weighted by Gasteiger charge is 2.01. The van der Waals surface area contributed by atoms with Crippen LogP contribution in [0.5, 0.6) is 0 Å². The van der Waals surface area contributed by atoms with E-state index in [0.29, 0.717) is 6.54 Å². The van der Waals surface area contributed by atoms with Gasteiger partial charge in [0.15, 0.2) is 0 Å². The van der Waals surface area contributed by atoms with Gasteiger partial charge in [-0.05, 0) is 36.2 Å². The van der Waals surface area contributed by atoms with Crippen LogP contribution in [0.2, 0.25) is 0 Å². The van der Waals surface area contributed by atoms with Crippen LogP contribution in [-0.2, 0) is 19.5 Å². The van der Waals surface area contributed by atoms with Gasteiger partial charge in [-0.15, -0.1) is 0 Å². The van der Waals surface area contributed by atoms with Crippen LogP contribution in [0.15, 0.2) is 47.1 Å². The Morgan fingerprint density at radius 2 is 1.82 bits per heavy atom. The second-order valence-electron chi connectivity index (χ2n) is 3.99. The van der Waals surface area contributed by atoms with E-state index in [-0.39, 0.29) is 0 Å². The molecule has 0 fully saturated rings. The highest BCUT2D eigenvalue weighted by Crippen LogP contribution is 2.09. The lowest BCUT2D eigenvalue weighted by Crippen LogP contribution is -2.14. The van der Waals surface area contributed by atoms with Crippen molar-refractivity contribution < 1.29 is 4.42 Å². The van der Waals surface area contributed by atoms with Crippen molar-refractivity contribution in [3.63, 3.8) is 0 Å². The molecule has 0 aliphatic heterocycles. The van der Waals surface area contributed by atoms with E-state index in [9.17, 15) is 0 Å². The fourth-order valence-electron chi connectivity index (χ4n) is 1.86. The molecule has 3 heteroatoms. The third-order valence-electron chi connectivity index (χ3n) is 2.73. The summed E-state index contributed by atoms with van der Waals surface area (Å²) in [5.74, 6) is 0.960. The Labute approximate surface area is 102 Å². The molecule has 17 heavy (non-hydrogen) atoms. The van der Waals surface area contributed by atoms with Gasteiger partial charge in [-0.25, -0.2) is 0 Å². The Hall–Kier alpha value is -1.58. The van der Waals surface area contributed by atoms with Gasteiger partial charge in [0.05, 0.1) is 12.8 Å². The molecule has 0 bridgehead atoms. The molecule has 0 saturated heterocycles. The van der Waals surface area contributed by atoms with Crippen molar-refractivity contribution in [3.8, 4) is 0 Å². The van der Waals surface area contributed by atoms with Crippen molar-refractivity contribution in [1.29, 1.82) is 0 Å². The van der Waals surface area contributed by atoms with Gasteiger partial charge in [-0.2, -0.15) is 0 Å². The summed E-state index contributed by atoms with van der Waals surface area (Å²) in [6.07, 6.45) is 2.62. The Morgan fingerprint density at radius 1 is 1.00 bits per heavy atom. The summed E-state index contributed by atoms with van der Waals surface area (Å²) in [5.41, 5.74) is 8.23. The zero-order valence-electron chi connectivity index (χ0n) is 9.86. The molecule has 3 N–H and O–H groups in total. The van der Waals surface area contributed by atoms with Gasteiger partial charge in [-0.3, -0.25) is 0 Å². The number of nitrogens with one attached hydrogen (secondary N) is 1. The monoisotopic (exact) mass is 230 g/mol. The van der Waals surface area contributed by atoms with Gasteiger partial charge in [0.1, 0.15) is 5.76 Å². The predicted molar refractivity (Wildman–Crippen MR) is 68.5 cm³/mol. The van der Waals surface area contributed by atoms with Crippen molar-refractivity contribution in [2.45, 2.75) is 19.5 Å². The van der Waals surface area contributed by atoms with Crippen LogP contribution in [0.4, 0.5) is 0 Å². The van der Waals surface area contributed by atoms with Crippen LogP contribution in [-0.4, -0.2) is 6.54 Å². The number of hydrogen-bond donors (Lipinski definition) is 2. The quantitative estimate of drug-likeness (QED) is 0.798. The predicted octanol–water partition coefficient (Wildman–Crippen LogP) is 2.07. The number of benzene rings is 1. The van der Waals surface area contributed by atoms with Crippen LogP contribution in [0, 0.1) is 0 Å². The molecule has 2 aromatic rings. The van der Waals surface area contributed by atoms with E-state index in [1.54, 1.807) is 6.26 Å². The second-order valence-corrected chi connectivity index (χ2v) is 3.99. The molecule has 1 aromatic carbocycles. The van der Waals surface area contributed by atoms with E-state index in [4.69, 9.17) is 10.2 Å². The lowest BCUT2D eigenvalue weighted by atomic mass is 10.0. The number of nitrogens with two attached hydrogens (primary N) is 1. The minimum atomic E-state index is 0.690. The molecule has 1 heterocycles. The van der Waals surface area contributed by atoms with E-state index >= 15 is 0 Å². The summed E-state index contributed by atoms with van der Waals surface area (Å²) >= 11 is 0. The molecule has 90 valence electrons. The minimum absolute atomic E-state index is 0.690. The number of hydrogen-bond acceptors (Lipinski definition) is 3. The fraction of sp³-hybridized carbons (Fsp3) is 0.286. The Bertz CT molecular complexity index is 437. The zero-order valence-corrected chi connectivity index (χ0v) is 9.86. The summed E-state index contributed by atoms with van der Waals surface area (Å²) in [5, 5.41) is 3.37. The smallest absolute Gasteiger partial charge is 0.117 e. The molecule has 0 saturated carbocycles. The normalized spacial score (nSPS) is 10.6. The van der Waals surface area contributed by atoms with Crippen molar-refractivity contribution in [2.75, 3.05) is 6.54 Å². The first-order chi connectivity index (χ1) is 8.40. The summed E-state index contributed by atoms with van der Waals surface area (Å²) in [6.45, 7) is 2.29. The molecule has 0 aliphatic rings. The van der Waals surface area contributed by atoms with E-state index in [0.717, 1.165) is 25.3 Å². The number of rotatable bonds is 6. The first-order valence-corrected chi connectivity index (χ1v) is 5.90. The molecule has 0 amide bonds. The minimum Gasteiger partial charge on any atom is -0.468 e. The third kappa shape index (κ3) is 3.44. The van der Waals surface area contributed by atoms with Crippen LogP contribution >= 0.6 is 0 Å². The van der Waals surface area contributed by atoms with Gasteiger partial charge in [-0.1, -0.05) is 24.3 Å². The van der Waals surface area contributed by atoms with Gasteiger partial charge in [0, 0.05) is 6.54 Å². The van der Waals surface area contributed by atoms with Crippen LogP contribution in [0.3, 0.4) is 0 Å². The van der Waals surface area contributed by atoms with Crippen molar-refractivity contribution in [2.24, 2.45) is 5.73 Å². The Morgan fingerprint density at radius 3 is 2.53 bits per heavy atom. The maximum atomic E-state index is 5.60. The molecule has 2 rings (SSSR count). The lowest BCUT2D eigenvalue weighted by molar-refractivity contribution is 0.482. The van der Waals surface area contributed by atoms with Crippen molar-refractivity contribution in [1.82, 2.24) is 5.32 Å². The van der Waals surface area contributed by atoms with E-state index in [2.05, 4.69) is 29.6 Å². The van der Waals surface area contributed by atoms with Gasteiger partial charge < -0.3 is 15.5 Å². The molecule has 0 radical (unpaired) electrons. The second kappa shape index (κ2) is 6.23. The summed E-state index contributed by atoms with van der Waals surface area (Å²) in [7, 11) is 0. The highest BCUT2D eigenvalue weighted by atomic mass is 16.3. The third-order valence-corrected chi connectivity index (χ3v) is 2.73. The summed E-state index contributed by atoms with van der Waals surface area (Å²) in [6, 6.07) is 12.3. The largest absolute Gasteiger partial charge is 0.468 e. The molecule has 0 atom stereocenters. The van der Waals surface area contributed by atoms with Gasteiger partial charge in [0.25, 0.3) is 0 Å². The van der Waals surface area contributed by atoms with Crippen LogP contribution in [0.25, 0.3) is 0 Å². The standard InChI is InChI=1S/C14H18N2O/c15-8-7-12-4-1-2-5-13(12)10-16-11-14-6-3-9-17-14/h1-6,9,16H,7-8,10-11,15H2. The molecule has 1 aromatic heterocycles. The van der Waals surface area contributed by atoms with E-state index in [1.165, 1.54) is 11.1 Å². The van der Waals surface area contributed by atoms with Crippen LogP contribution in [0.1, 0.15) is 16.9 Å². The maximum absolute atomic E-state index is 5.60. The first-order valence-electron chi connectivity index (χ1n) is 5.90. The average Bonchev–Trinajstić information content (AvgIpc) is 2.85. The lowest BCUT2D eigenvalue weighted by Gasteiger charge is -2.09. The summed E-state index contributed by atoms with van der Waals surface area (Å²) < 4.78 is 5.27. The molecule has 3 nitrogen and oxygen atoms in total. The Balaban J connectivity index is 1.89. The summed E-state index contributed by atoms with van der Waals surface area (Å²) in [4.78, 5) is 0. The number of furan rings is 1. The first kappa shape index (κ1) is 11.9.